The van der Waals surface area contributed by atoms with Crippen LogP contribution in [0.5, 0.6) is 0 Å². The summed E-state index contributed by atoms with van der Waals surface area (Å²) in [6.45, 7) is 22.9. The van der Waals surface area contributed by atoms with Crippen molar-refractivity contribution in [1.82, 2.24) is 54.0 Å². The largest absolute Gasteiger partial charge is 0.399 e. The zero-order valence-electron chi connectivity index (χ0n) is 58.0. The summed E-state index contributed by atoms with van der Waals surface area (Å²) in [6.07, 6.45) is 12.6. The smallest absolute Gasteiger partial charge is 0.312 e. The van der Waals surface area contributed by atoms with Crippen LogP contribution < -0.4 is 71.2 Å². The molecule has 532 valence electrons. The number of carbonyl (C=O) groups is 7. The van der Waals surface area contributed by atoms with Crippen LogP contribution in [0.2, 0.25) is 0 Å². The van der Waals surface area contributed by atoms with E-state index in [9.17, 15) is 33.6 Å². The third-order valence-electron chi connectivity index (χ3n) is 13.6. The highest BCUT2D eigenvalue weighted by Gasteiger charge is 2.15. The van der Waals surface area contributed by atoms with Gasteiger partial charge in [0.15, 0.2) is 0 Å². The lowest BCUT2D eigenvalue weighted by molar-refractivity contribution is -0.119. The van der Waals surface area contributed by atoms with Crippen molar-refractivity contribution in [2.45, 2.75) is 216 Å². The second kappa shape index (κ2) is 68.2. The first-order valence-electron chi connectivity index (χ1n) is 30.6. The number of benzene rings is 2. The number of hydrogen-bond donors (Lipinski definition) is 14. The number of likely N-dealkylation sites (N-methyl/N-ethyl adjacent to an activating group) is 6. The van der Waals surface area contributed by atoms with Crippen LogP contribution in [0.15, 0.2) is 53.5 Å². The summed E-state index contributed by atoms with van der Waals surface area (Å²) in [5.74, 6) is 3.04. The van der Waals surface area contributed by atoms with Crippen LogP contribution in [0.1, 0.15) is 171 Å². The summed E-state index contributed by atoms with van der Waals surface area (Å²) in [6, 6.07) is 15.3. The van der Waals surface area contributed by atoms with Gasteiger partial charge in [-0.2, -0.15) is 0 Å². The first kappa shape index (κ1) is 101. The van der Waals surface area contributed by atoms with Gasteiger partial charge in [0.25, 0.3) is 0 Å². The standard InChI is InChI=1S/C13H19N3O.C11H23N3O.C11H16N2O.C11H24N2O.C10H21NO.C8H17N3O2.CH4.2F2.H3N/c1-9(17)12(16-2)7-10-3-5-11(6-4-10)8-13(14)15;1-5-11(13-4)14-8-6-7-10(12-3)9(2)15;1-8(14)11(13-2)7-9-3-5-10(12)6-4-9;1-9(2)13-8-6-5-7-11(12-4)10(3)14;1-8(2)6-5-7-10(11-4)9(3)12;1-6(12)7(10-2)4-3-5-11-8(9)13;;2*1-2;/h3-6,12,16H,7-8H2,1-2H3,(H3,14,15);10,12H,5-8H2,1-4H3,(H,13,14);3-6,11,13H,7,12H2,1-2H3;9,11-13H,5-8H2,1-4H3;8,10-11H,5-7H2,1-4H3;7,10H,3-5H2,1-2H3,(H3,9,11,13);1H4;;;1H3/t12-;10-;2*11-;10-;7-;;;;/m000000..../s1. The van der Waals surface area contributed by atoms with E-state index in [1.165, 1.54) is 6.42 Å². The molecule has 0 radical (unpaired) electrons. The number of carbonyl (C=O) groups excluding carboxylic acids is 7. The van der Waals surface area contributed by atoms with Gasteiger partial charge in [0.05, 0.1) is 47.9 Å². The van der Waals surface area contributed by atoms with Crippen LogP contribution in [0.4, 0.5) is 28.8 Å². The van der Waals surface area contributed by atoms with Crippen LogP contribution in [0.25, 0.3) is 0 Å². The Morgan fingerprint density at radius 2 is 0.802 bits per heavy atom. The number of nitrogens with zero attached hydrogens (tertiary/aromatic N) is 1. The molecular formula is C65H127F4N15O7. The number of urea groups is 1. The summed E-state index contributed by atoms with van der Waals surface area (Å²) < 4.78 is 32.0. The maximum Gasteiger partial charge on any atom is 0.312 e. The molecule has 22 nitrogen and oxygen atoms in total. The zero-order valence-corrected chi connectivity index (χ0v) is 58.0. The number of aliphatic imine (C=N–C) groups is 1. The number of rotatable bonds is 37. The van der Waals surface area contributed by atoms with Crippen LogP contribution in [0, 0.1) is 11.3 Å². The molecule has 0 saturated heterocycles. The minimum Gasteiger partial charge on any atom is -0.399 e. The highest BCUT2D eigenvalue weighted by molar-refractivity contribution is 5.84. The second-order valence-corrected chi connectivity index (χ2v) is 21.8. The zero-order chi connectivity index (χ0) is 69.9. The lowest BCUT2D eigenvalue weighted by Gasteiger charge is -2.13. The van der Waals surface area contributed by atoms with Crippen molar-refractivity contribution >= 4 is 58.1 Å². The fourth-order valence-electron chi connectivity index (χ4n) is 8.25. The first-order chi connectivity index (χ1) is 42.0. The molecule has 0 aliphatic carbocycles. The maximum atomic E-state index is 11.3. The molecule has 0 heterocycles. The fourth-order valence-corrected chi connectivity index (χ4v) is 8.25. The number of amides is 2. The van der Waals surface area contributed by atoms with Gasteiger partial charge in [-0.15, -0.1) is 0 Å². The van der Waals surface area contributed by atoms with Gasteiger partial charge in [-0.1, -0.05) is 97.7 Å². The molecule has 0 spiro atoms. The lowest BCUT2D eigenvalue weighted by atomic mass is 10.0. The Bertz CT molecular complexity index is 2170. The SMILES string of the molecule is C.CCC(=NC)NCCC[C@H](NC)C(C)=O.CN[C@@H](CCCC(C)C)C(C)=O.CN[C@@H](CCCCNC(C)C)C(C)=O.CN[C@@H](CCCNC(N)=O)C(C)=O.CN[C@@H](Cc1ccc(CC(=N)N)cc1)C(C)=O.CN[C@@H](Cc1ccc(N)cc1)C(C)=O.FF.FF.N. The van der Waals surface area contributed by atoms with E-state index in [1.54, 1.807) is 69.7 Å². The Kier molecular flexibility index (Phi) is 75.8. The van der Waals surface area contributed by atoms with E-state index in [1.807, 2.05) is 69.7 Å². The summed E-state index contributed by atoms with van der Waals surface area (Å²) in [5.41, 5.74) is 19.8. The summed E-state index contributed by atoms with van der Waals surface area (Å²) in [5, 5.41) is 34.2. The lowest BCUT2D eigenvalue weighted by Crippen LogP contribution is -2.34. The number of unbranched alkanes of at least 4 members (excludes halogenated alkanes) is 1. The molecule has 6 atom stereocenters. The number of Topliss-reactive ketones (excluding diaryl/α,β-unsaturated/α-hetero) is 6. The van der Waals surface area contributed by atoms with Crippen molar-refractivity contribution in [3.63, 3.8) is 0 Å². The van der Waals surface area contributed by atoms with Gasteiger partial charge >= 0.3 is 6.03 Å². The van der Waals surface area contributed by atoms with Crippen molar-refractivity contribution in [2.24, 2.45) is 22.4 Å². The van der Waals surface area contributed by atoms with Crippen molar-refractivity contribution in [2.75, 3.05) is 74.7 Å². The predicted molar refractivity (Wildman–Crippen MR) is 371 cm³/mol. The minimum atomic E-state index is -0.524. The Morgan fingerprint density at radius 3 is 1.09 bits per heavy atom. The summed E-state index contributed by atoms with van der Waals surface area (Å²) >= 11 is 0. The highest BCUT2D eigenvalue weighted by atomic mass is 20.0. The number of nitrogens with one attached hydrogen (secondary N) is 10. The molecule has 0 bridgehead atoms. The Hall–Kier alpha value is -6.13. The second-order valence-electron chi connectivity index (χ2n) is 21.8. The molecule has 19 N–H and O–H groups in total. The van der Waals surface area contributed by atoms with Crippen molar-refractivity contribution in [3.05, 3.63) is 65.2 Å². The van der Waals surface area contributed by atoms with E-state index in [-0.39, 0.29) is 90.4 Å². The quantitative estimate of drug-likeness (QED) is 0.00994. The van der Waals surface area contributed by atoms with Crippen molar-refractivity contribution in [1.29, 1.82) is 5.41 Å². The fraction of sp³-hybridized carbons (Fsp3) is 0.677. The third-order valence-corrected chi connectivity index (χ3v) is 13.6. The number of ketones is 6. The number of amidine groups is 2. The van der Waals surface area contributed by atoms with Gasteiger partial charge in [-0.3, -0.25) is 39.2 Å². The number of primary amides is 1. The average Bonchev–Trinajstić information content (AvgIpc) is 3.70. The number of hydrogen-bond acceptors (Lipinski definition) is 18. The normalized spacial score (nSPS) is 12.1. The predicted octanol–water partition coefficient (Wildman–Crippen LogP) is 8.26. The molecule has 2 aromatic carbocycles. The van der Waals surface area contributed by atoms with E-state index in [0.717, 1.165) is 105 Å². The monoisotopic (exact) mass is 1310 g/mol. The molecule has 0 aromatic heterocycles. The van der Waals surface area contributed by atoms with Crippen LogP contribution in [0.3, 0.4) is 0 Å². The Labute approximate surface area is 545 Å². The van der Waals surface area contributed by atoms with Gasteiger partial charge in [0.1, 0.15) is 34.7 Å². The molecule has 0 unspecified atom stereocenters. The molecule has 2 rings (SSSR count). The minimum absolute atomic E-state index is 0. The first-order valence-corrected chi connectivity index (χ1v) is 30.6. The van der Waals surface area contributed by atoms with Crippen molar-refractivity contribution in [3.8, 4) is 0 Å². The molecular weight excluding hydrogens is 1180 g/mol. The molecule has 0 aliphatic rings. The molecule has 91 heavy (non-hydrogen) atoms. The highest BCUT2D eigenvalue weighted by Crippen LogP contribution is 2.11. The molecule has 2 aromatic rings. The van der Waals surface area contributed by atoms with E-state index < -0.39 is 6.03 Å². The average molecular weight is 1310 g/mol. The third kappa shape index (κ3) is 63.8. The Morgan fingerprint density at radius 1 is 0.484 bits per heavy atom. The summed E-state index contributed by atoms with van der Waals surface area (Å²) in [7, 11) is 12.6. The number of nitrogen functional groups attached to an aromatic ring is 1. The molecule has 2 amide bonds. The van der Waals surface area contributed by atoms with Gasteiger partial charge in [-0.05, 0) is 183 Å². The van der Waals surface area contributed by atoms with Crippen molar-refractivity contribution < 1.29 is 51.9 Å². The maximum absolute atomic E-state index is 11.3. The van der Waals surface area contributed by atoms with E-state index in [4.69, 9.17) is 40.9 Å². The molecule has 26 heteroatoms. The number of nitrogens with two attached hydrogens (primary N) is 3. The molecule has 0 fully saturated rings. The summed E-state index contributed by atoms with van der Waals surface area (Å²) in [4.78, 5) is 80.9. The van der Waals surface area contributed by atoms with Gasteiger partial charge in [-0.25, -0.2) is 4.79 Å². The molecule has 0 saturated carbocycles. The van der Waals surface area contributed by atoms with Gasteiger partial charge in [0.2, 0.25) is 0 Å². The van der Waals surface area contributed by atoms with E-state index in [0.29, 0.717) is 38.3 Å². The van der Waals surface area contributed by atoms with Crippen LogP contribution in [-0.2, 0) is 48.0 Å². The Balaban J connectivity index is -0.000000149. The van der Waals surface area contributed by atoms with Crippen LogP contribution in [-0.4, -0.2) is 164 Å². The van der Waals surface area contributed by atoms with E-state index in [2.05, 4.69) is 87.5 Å². The van der Waals surface area contributed by atoms with Crippen LogP contribution >= 0.6 is 0 Å². The number of halogens is 4. The topological polar surface area (TPSA) is 377 Å². The van der Waals surface area contributed by atoms with Gasteiger partial charge < -0.3 is 71.2 Å². The molecule has 0 aliphatic heterocycles. The number of anilines is 1. The van der Waals surface area contributed by atoms with Gasteiger partial charge in [0, 0.05) is 63.0 Å². The van der Waals surface area contributed by atoms with E-state index >= 15 is 0 Å².